The van der Waals surface area contributed by atoms with Gasteiger partial charge in [0.05, 0.1) is 12.4 Å². The predicted molar refractivity (Wildman–Crippen MR) is 114 cm³/mol. The molecule has 0 radical (unpaired) electrons. The summed E-state index contributed by atoms with van der Waals surface area (Å²) in [7, 11) is 1.66. The van der Waals surface area contributed by atoms with Crippen molar-refractivity contribution in [2.45, 2.75) is 26.6 Å². The summed E-state index contributed by atoms with van der Waals surface area (Å²) in [6.45, 7) is 1.88. The smallest absolute Gasteiger partial charge is 0.175 e. The number of hydrogen-bond acceptors (Lipinski definition) is 7. The van der Waals surface area contributed by atoms with Gasteiger partial charge in [-0.25, -0.2) is 0 Å². The van der Waals surface area contributed by atoms with Crippen molar-refractivity contribution in [1.82, 2.24) is 10.2 Å². The molecule has 0 aliphatic heterocycles. The molecule has 1 unspecified atom stereocenters. The Morgan fingerprint density at radius 2 is 1.78 bits per heavy atom. The lowest BCUT2D eigenvalue weighted by Gasteiger charge is -2.07. The Hall–Kier alpha value is -1.54. The number of carbonyl (C=O) groups is 1. The number of nitrogens with zero attached hydrogens (tertiary/aromatic N) is 2. The van der Waals surface area contributed by atoms with Gasteiger partial charge < -0.3 is 4.74 Å². The van der Waals surface area contributed by atoms with E-state index in [0.717, 1.165) is 20.2 Å². The van der Waals surface area contributed by atoms with Crippen LogP contribution < -0.4 is 4.74 Å². The van der Waals surface area contributed by atoms with E-state index < -0.39 is 0 Å². The first kappa shape index (κ1) is 20.2. The molecule has 27 heavy (non-hydrogen) atoms. The molecule has 3 rings (SSSR count). The number of carbonyl (C=O) groups excluding carboxylic acids is 1. The molecule has 0 fully saturated rings. The average molecular weight is 437 g/mol. The zero-order valence-corrected chi connectivity index (χ0v) is 17.9. The van der Waals surface area contributed by atoms with Crippen molar-refractivity contribution in [1.29, 1.82) is 0 Å². The Balaban J connectivity index is 1.55. The summed E-state index contributed by atoms with van der Waals surface area (Å²) < 4.78 is 6.85. The molecular weight excluding hydrogens is 420 g/mol. The van der Waals surface area contributed by atoms with E-state index in [4.69, 9.17) is 16.3 Å². The third-order valence-corrected chi connectivity index (χ3v) is 7.25. The molecule has 0 aliphatic carbocycles. The highest BCUT2D eigenvalue weighted by Gasteiger charge is 2.19. The van der Waals surface area contributed by atoms with Crippen molar-refractivity contribution in [3.8, 4) is 5.75 Å². The van der Waals surface area contributed by atoms with Crippen molar-refractivity contribution in [3.63, 3.8) is 0 Å². The van der Waals surface area contributed by atoms with Crippen LogP contribution in [0.4, 0.5) is 0 Å². The molecule has 0 aliphatic rings. The summed E-state index contributed by atoms with van der Waals surface area (Å²) in [5.74, 6) is 1.71. The topological polar surface area (TPSA) is 52.1 Å². The number of ether oxygens (including phenoxy) is 1. The van der Waals surface area contributed by atoms with Crippen LogP contribution in [0.1, 0.15) is 22.8 Å². The zero-order chi connectivity index (χ0) is 19.2. The molecule has 1 heterocycles. The molecule has 0 bridgehead atoms. The van der Waals surface area contributed by atoms with Gasteiger partial charge in [-0.05, 0) is 48.9 Å². The van der Waals surface area contributed by atoms with E-state index in [2.05, 4.69) is 10.2 Å². The largest absolute Gasteiger partial charge is 0.497 e. The number of methoxy groups -OCH3 is 1. The molecule has 4 nitrogen and oxygen atoms in total. The van der Waals surface area contributed by atoms with Crippen LogP contribution >= 0.6 is 46.5 Å². The monoisotopic (exact) mass is 436 g/mol. The summed E-state index contributed by atoms with van der Waals surface area (Å²) in [5, 5.41) is 8.80. The highest BCUT2D eigenvalue weighted by molar-refractivity contribution is 8.03. The average Bonchev–Trinajstić information content (AvgIpc) is 3.14. The van der Waals surface area contributed by atoms with Gasteiger partial charge >= 0.3 is 0 Å². The number of ketones is 1. The predicted octanol–water partition coefficient (Wildman–Crippen LogP) is 5.86. The van der Waals surface area contributed by atoms with E-state index in [9.17, 15) is 4.79 Å². The maximum Gasteiger partial charge on any atom is 0.175 e. The molecule has 140 valence electrons. The highest BCUT2D eigenvalue weighted by Crippen LogP contribution is 2.33. The first-order valence-electron chi connectivity index (χ1n) is 8.11. The number of hydrogen-bond donors (Lipinski definition) is 0. The van der Waals surface area contributed by atoms with Crippen LogP contribution in [0.5, 0.6) is 5.75 Å². The maximum atomic E-state index is 12.5. The molecule has 0 spiro atoms. The van der Waals surface area contributed by atoms with Crippen LogP contribution in [0.25, 0.3) is 0 Å². The van der Waals surface area contributed by atoms with E-state index in [-0.39, 0.29) is 11.0 Å². The summed E-state index contributed by atoms with van der Waals surface area (Å²) >= 11 is 10.4. The first-order valence-corrected chi connectivity index (χ1v) is 11.2. The lowest BCUT2D eigenvalue weighted by molar-refractivity contribution is 0.0994. The molecule has 0 N–H and O–H groups in total. The van der Waals surface area contributed by atoms with Gasteiger partial charge in [-0.1, -0.05) is 58.6 Å². The minimum absolute atomic E-state index is 0.0549. The quantitative estimate of drug-likeness (QED) is 0.326. The number of Topliss-reactive ketones (excluding diaryl/α,β-unsaturated/α-hetero) is 1. The number of thioether (sulfide) groups is 2. The molecule has 2 aromatic carbocycles. The Bertz CT molecular complexity index is 898. The van der Waals surface area contributed by atoms with Crippen molar-refractivity contribution < 1.29 is 9.53 Å². The Labute approximate surface area is 175 Å². The van der Waals surface area contributed by atoms with Gasteiger partial charge in [0.15, 0.2) is 14.5 Å². The lowest BCUT2D eigenvalue weighted by Crippen LogP contribution is -2.13. The zero-order valence-electron chi connectivity index (χ0n) is 14.7. The van der Waals surface area contributed by atoms with E-state index in [1.165, 1.54) is 28.7 Å². The van der Waals surface area contributed by atoms with Gasteiger partial charge in [0.2, 0.25) is 0 Å². The van der Waals surface area contributed by atoms with Gasteiger partial charge in [0, 0.05) is 16.3 Å². The number of halogens is 1. The second kappa shape index (κ2) is 9.59. The summed E-state index contributed by atoms with van der Waals surface area (Å²) in [6.07, 6.45) is 0. The first-order chi connectivity index (χ1) is 13.0. The SMILES string of the molecule is COc1ccc(CSc2nnc(SC(C)C(=O)c3ccc(Cl)cc3)s2)cc1. The van der Waals surface area contributed by atoms with Crippen molar-refractivity contribution in [2.24, 2.45) is 0 Å². The van der Waals surface area contributed by atoms with Crippen molar-refractivity contribution >= 4 is 52.2 Å². The van der Waals surface area contributed by atoms with Crippen LogP contribution in [-0.4, -0.2) is 28.3 Å². The van der Waals surface area contributed by atoms with Gasteiger partial charge in [-0.3, -0.25) is 4.79 Å². The number of rotatable bonds is 8. The molecule has 0 amide bonds. The highest BCUT2D eigenvalue weighted by atomic mass is 35.5. The van der Waals surface area contributed by atoms with Crippen LogP contribution in [-0.2, 0) is 5.75 Å². The number of aromatic nitrogens is 2. The minimum atomic E-state index is -0.237. The van der Waals surface area contributed by atoms with E-state index >= 15 is 0 Å². The molecule has 0 saturated heterocycles. The Kier molecular flexibility index (Phi) is 7.18. The summed E-state index contributed by atoms with van der Waals surface area (Å²) in [5.41, 5.74) is 1.84. The Morgan fingerprint density at radius 3 is 2.44 bits per heavy atom. The maximum absolute atomic E-state index is 12.5. The molecule has 1 aromatic heterocycles. The normalized spacial score (nSPS) is 12.0. The lowest BCUT2D eigenvalue weighted by atomic mass is 10.1. The van der Waals surface area contributed by atoms with E-state index in [1.807, 2.05) is 31.2 Å². The van der Waals surface area contributed by atoms with Gasteiger partial charge in [-0.15, -0.1) is 10.2 Å². The molecule has 3 aromatic rings. The number of benzene rings is 2. The fourth-order valence-electron chi connectivity index (χ4n) is 2.22. The summed E-state index contributed by atoms with van der Waals surface area (Å²) in [4.78, 5) is 12.5. The van der Waals surface area contributed by atoms with Crippen LogP contribution in [0.3, 0.4) is 0 Å². The third kappa shape index (κ3) is 5.72. The van der Waals surface area contributed by atoms with Crippen LogP contribution in [0.2, 0.25) is 5.02 Å². The van der Waals surface area contributed by atoms with Crippen LogP contribution in [0, 0.1) is 0 Å². The van der Waals surface area contributed by atoms with Gasteiger partial charge in [0.1, 0.15) is 5.75 Å². The summed E-state index contributed by atoms with van der Waals surface area (Å²) in [6, 6.07) is 14.9. The fraction of sp³-hybridized carbons (Fsp3) is 0.211. The molecule has 1 atom stereocenters. The third-order valence-electron chi connectivity index (χ3n) is 3.68. The van der Waals surface area contributed by atoms with Crippen molar-refractivity contribution in [2.75, 3.05) is 7.11 Å². The molecule has 0 saturated carbocycles. The standard InChI is InChI=1S/C19H17ClN2O2S3/c1-12(17(23)14-5-7-15(20)8-6-14)26-19-22-21-18(27-19)25-11-13-3-9-16(24-2)10-4-13/h3-10,12H,11H2,1-2H3. The molecular formula is C19H17ClN2O2S3. The van der Waals surface area contributed by atoms with Gasteiger partial charge in [-0.2, -0.15) is 0 Å². The second-order valence-electron chi connectivity index (χ2n) is 5.60. The molecule has 8 heteroatoms. The van der Waals surface area contributed by atoms with E-state index in [1.54, 1.807) is 43.1 Å². The second-order valence-corrected chi connectivity index (χ2v) is 9.83. The van der Waals surface area contributed by atoms with E-state index in [0.29, 0.717) is 10.6 Å². The van der Waals surface area contributed by atoms with Gasteiger partial charge in [0.25, 0.3) is 0 Å². The Morgan fingerprint density at radius 1 is 1.11 bits per heavy atom. The van der Waals surface area contributed by atoms with Crippen LogP contribution in [0.15, 0.2) is 57.2 Å². The minimum Gasteiger partial charge on any atom is -0.497 e. The van der Waals surface area contributed by atoms with Crippen molar-refractivity contribution in [3.05, 3.63) is 64.7 Å². The fourth-order valence-corrected chi connectivity index (χ4v) is 5.55.